The lowest BCUT2D eigenvalue weighted by Crippen LogP contribution is -2.54. The summed E-state index contributed by atoms with van der Waals surface area (Å²) in [6, 6.07) is 0. The third-order valence-corrected chi connectivity index (χ3v) is 2.34. The van der Waals surface area contributed by atoms with Crippen LogP contribution in [0, 0.1) is 5.41 Å². The summed E-state index contributed by atoms with van der Waals surface area (Å²) in [7, 11) is 0. The van der Waals surface area contributed by atoms with Crippen molar-refractivity contribution >= 4 is 5.91 Å². The molecule has 0 saturated carbocycles. The van der Waals surface area contributed by atoms with E-state index in [-0.39, 0.29) is 13.2 Å². The van der Waals surface area contributed by atoms with Gasteiger partial charge in [0.15, 0.2) is 0 Å². The Bertz CT molecular complexity index is 200. The number of hydrogen-bond donors (Lipinski definition) is 4. The molecule has 0 unspecified atom stereocenters. The summed E-state index contributed by atoms with van der Waals surface area (Å²) in [5, 5.41) is 20.9. The van der Waals surface area contributed by atoms with Gasteiger partial charge in [-0.15, -0.1) is 0 Å². The standard InChI is InChI=1S/C9H20N2O3/c1-8(2,7(10)14)11-4-9(3,5-12)6-13/h11-13H,4-6H2,1-3H3,(H2,10,14). The van der Waals surface area contributed by atoms with Crippen LogP contribution in [0.25, 0.3) is 0 Å². The molecular formula is C9H20N2O3. The van der Waals surface area contributed by atoms with Crippen molar-refractivity contribution in [1.82, 2.24) is 5.32 Å². The molecule has 0 radical (unpaired) electrons. The topological polar surface area (TPSA) is 95.6 Å². The van der Waals surface area contributed by atoms with Crippen molar-refractivity contribution in [2.75, 3.05) is 19.8 Å². The maximum Gasteiger partial charge on any atom is 0.237 e. The van der Waals surface area contributed by atoms with Crippen LogP contribution in [0.15, 0.2) is 0 Å². The second-order valence-corrected chi connectivity index (χ2v) is 4.47. The lowest BCUT2D eigenvalue weighted by atomic mass is 9.91. The molecule has 0 aliphatic heterocycles. The van der Waals surface area contributed by atoms with E-state index in [1.807, 2.05) is 0 Å². The summed E-state index contributed by atoms with van der Waals surface area (Å²) >= 11 is 0. The van der Waals surface area contributed by atoms with E-state index in [4.69, 9.17) is 15.9 Å². The minimum Gasteiger partial charge on any atom is -0.396 e. The highest BCUT2D eigenvalue weighted by Crippen LogP contribution is 2.14. The van der Waals surface area contributed by atoms with Crippen LogP contribution in [-0.4, -0.2) is 41.4 Å². The van der Waals surface area contributed by atoms with Crippen molar-refractivity contribution in [3.8, 4) is 0 Å². The SMILES string of the molecule is CC(CO)(CO)CNC(C)(C)C(N)=O. The number of primary amides is 1. The van der Waals surface area contributed by atoms with Gasteiger partial charge in [-0.05, 0) is 13.8 Å². The van der Waals surface area contributed by atoms with Crippen LogP contribution in [0.4, 0.5) is 0 Å². The number of nitrogens with two attached hydrogens (primary N) is 1. The highest BCUT2D eigenvalue weighted by molar-refractivity contribution is 5.83. The van der Waals surface area contributed by atoms with E-state index < -0.39 is 16.9 Å². The van der Waals surface area contributed by atoms with Gasteiger partial charge in [0.1, 0.15) is 0 Å². The first-order valence-corrected chi connectivity index (χ1v) is 4.54. The third kappa shape index (κ3) is 3.61. The molecule has 14 heavy (non-hydrogen) atoms. The first-order chi connectivity index (χ1) is 6.27. The number of carbonyl (C=O) groups is 1. The van der Waals surface area contributed by atoms with Gasteiger partial charge in [0.25, 0.3) is 0 Å². The van der Waals surface area contributed by atoms with Crippen molar-refractivity contribution < 1.29 is 15.0 Å². The molecule has 0 saturated heterocycles. The summed E-state index contributed by atoms with van der Waals surface area (Å²) in [5.74, 6) is -0.462. The van der Waals surface area contributed by atoms with Crippen LogP contribution in [0.2, 0.25) is 0 Å². The summed E-state index contributed by atoms with van der Waals surface area (Å²) in [6.45, 7) is 5.07. The number of aliphatic hydroxyl groups is 2. The lowest BCUT2D eigenvalue weighted by molar-refractivity contribution is -0.123. The molecule has 0 aromatic heterocycles. The Kier molecular flexibility index (Phi) is 4.51. The lowest BCUT2D eigenvalue weighted by Gasteiger charge is -2.30. The van der Waals surface area contributed by atoms with Crippen molar-refractivity contribution in [2.24, 2.45) is 11.1 Å². The van der Waals surface area contributed by atoms with E-state index in [2.05, 4.69) is 5.32 Å². The second kappa shape index (κ2) is 4.72. The molecule has 84 valence electrons. The van der Waals surface area contributed by atoms with Gasteiger partial charge >= 0.3 is 0 Å². The monoisotopic (exact) mass is 204 g/mol. The number of carbonyl (C=O) groups excluding carboxylic acids is 1. The number of nitrogens with one attached hydrogen (secondary N) is 1. The summed E-state index contributed by atoms with van der Waals surface area (Å²) in [4.78, 5) is 10.9. The van der Waals surface area contributed by atoms with Gasteiger partial charge in [-0.3, -0.25) is 4.79 Å². The predicted octanol–water partition coefficient (Wildman–Crippen LogP) is -1.17. The number of aliphatic hydroxyl groups excluding tert-OH is 2. The molecule has 0 aliphatic carbocycles. The van der Waals surface area contributed by atoms with E-state index in [0.717, 1.165) is 0 Å². The minimum atomic E-state index is -0.828. The Morgan fingerprint density at radius 2 is 1.71 bits per heavy atom. The fourth-order valence-electron chi connectivity index (χ4n) is 0.683. The number of hydrogen-bond acceptors (Lipinski definition) is 4. The number of rotatable bonds is 6. The first kappa shape index (κ1) is 13.4. The van der Waals surface area contributed by atoms with E-state index in [0.29, 0.717) is 6.54 Å². The molecule has 5 N–H and O–H groups in total. The summed E-state index contributed by atoms with van der Waals surface area (Å²) in [6.07, 6.45) is 0. The minimum absolute atomic E-state index is 0.147. The third-order valence-electron chi connectivity index (χ3n) is 2.34. The maximum atomic E-state index is 10.9. The number of amides is 1. The van der Waals surface area contributed by atoms with Gasteiger partial charge in [-0.2, -0.15) is 0 Å². The highest BCUT2D eigenvalue weighted by atomic mass is 16.3. The molecule has 0 aromatic carbocycles. The second-order valence-electron chi connectivity index (χ2n) is 4.47. The summed E-state index contributed by atoms with van der Waals surface area (Å²) < 4.78 is 0. The average molecular weight is 204 g/mol. The van der Waals surface area contributed by atoms with Crippen molar-refractivity contribution in [1.29, 1.82) is 0 Å². The van der Waals surface area contributed by atoms with Gasteiger partial charge < -0.3 is 21.3 Å². The zero-order valence-corrected chi connectivity index (χ0v) is 9.00. The van der Waals surface area contributed by atoms with Crippen molar-refractivity contribution in [2.45, 2.75) is 26.3 Å². The zero-order valence-electron chi connectivity index (χ0n) is 9.00. The quantitative estimate of drug-likeness (QED) is 0.438. The van der Waals surface area contributed by atoms with Gasteiger partial charge in [-0.25, -0.2) is 0 Å². The highest BCUT2D eigenvalue weighted by Gasteiger charge is 2.29. The molecule has 5 nitrogen and oxygen atoms in total. The molecule has 0 aliphatic rings. The smallest absolute Gasteiger partial charge is 0.237 e. The van der Waals surface area contributed by atoms with Crippen LogP contribution in [-0.2, 0) is 4.79 Å². The molecule has 1 amide bonds. The fourth-order valence-corrected chi connectivity index (χ4v) is 0.683. The molecule has 0 heterocycles. The largest absolute Gasteiger partial charge is 0.396 e. The van der Waals surface area contributed by atoms with Crippen LogP contribution in [0.3, 0.4) is 0 Å². The van der Waals surface area contributed by atoms with E-state index in [1.54, 1.807) is 20.8 Å². The summed E-state index contributed by atoms with van der Waals surface area (Å²) in [5.41, 5.74) is 3.70. The van der Waals surface area contributed by atoms with Crippen molar-refractivity contribution in [3.05, 3.63) is 0 Å². The molecule has 5 heteroatoms. The fraction of sp³-hybridized carbons (Fsp3) is 0.889. The normalized spacial score (nSPS) is 12.9. The molecule has 0 fully saturated rings. The molecule has 0 rings (SSSR count). The van der Waals surface area contributed by atoms with Gasteiger partial charge in [0, 0.05) is 12.0 Å². The van der Waals surface area contributed by atoms with Crippen molar-refractivity contribution in [3.63, 3.8) is 0 Å². The van der Waals surface area contributed by atoms with Crippen LogP contribution < -0.4 is 11.1 Å². The molecule has 0 atom stereocenters. The van der Waals surface area contributed by atoms with Crippen LogP contribution in [0.5, 0.6) is 0 Å². The Hall–Kier alpha value is -0.650. The molecule has 0 aromatic rings. The van der Waals surface area contributed by atoms with E-state index >= 15 is 0 Å². The van der Waals surface area contributed by atoms with Crippen LogP contribution >= 0.6 is 0 Å². The van der Waals surface area contributed by atoms with Gasteiger partial charge in [0.2, 0.25) is 5.91 Å². The molecular weight excluding hydrogens is 184 g/mol. The van der Waals surface area contributed by atoms with Gasteiger partial charge in [0.05, 0.1) is 18.8 Å². The Morgan fingerprint density at radius 3 is 2.00 bits per heavy atom. The Balaban J connectivity index is 4.23. The molecule has 0 spiro atoms. The van der Waals surface area contributed by atoms with Gasteiger partial charge in [-0.1, -0.05) is 6.92 Å². The zero-order chi connectivity index (χ0) is 11.4. The average Bonchev–Trinajstić information content (AvgIpc) is 2.14. The maximum absolute atomic E-state index is 10.9. The Labute approximate surface area is 84.3 Å². The Morgan fingerprint density at radius 1 is 1.29 bits per heavy atom. The van der Waals surface area contributed by atoms with Crippen LogP contribution in [0.1, 0.15) is 20.8 Å². The van der Waals surface area contributed by atoms with E-state index in [9.17, 15) is 4.79 Å². The predicted molar refractivity (Wildman–Crippen MR) is 53.6 cm³/mol. The molecule has 0 bridgehead atoms. The first-order valence-electron chi connectivity index (χ1n) is 4.54. The van der Waals surface area contributed by atoms with E-state index in [1.165, 1.54) is 0 Å².